The summed E-state index contributed by atoms with van der Waals surface area (Å²) < 4.78 is 67.7. The molecule has 3 aromatic rings. The van der Waals surface area contributed by atoms with E-state index in [1.807, 2.05) is 6.07 Å². The van der Waals surface area contributed by atoms with E-state index in [1.54, 1.807) is 6.07 Å². The lowest BCUT2D eigenvalue weighted by Gasteiger charge is -2.16. The van der Waals surface area contributed by atoms with Crippen LogP contribution in [0.25, 0.3) is 0 Å². The van der Waals surface area contributed by atoms with Gasteiger partial charge in [-0.1, -0.05) is 30.3 Å². The number of amides is 1. The molecule has 0 aliphatic heterocycles. The molecule has 3 rings (SSSR count). The van der Waals surface area contributed by atoms with Crippen LogP contribution in [0.2, 0.25) is 0 Å². The Bertz CT molecular complexity index is 1270. The molecule has 6 nitrogen and oxygen atoms in total. The fraction of sp³-hybridized carbons (Fsp3) is 0.0909. The number of benzene rings is 3. The van der Waals surface area contributed by atoms with Gasteiger partial charge in [0.05, 0.1) is 34.2 Å². The molecule has 3 aromatic carbocycles. The second kappa shape index (κ2) is 9.11. The molecule has 0 bridgehead atoms. The first kappa shape index (κ1) is 22.8. The number of halogens is 3. The van der Waals surface area contributed by atoms with Gasteiger partial charge in [-0.2, -0.15) is 18.4 Å². The number of nitriles is 1. The molecule has 164 valence electrons. The van der Waals surface area contributed by atoms with E-state index < -0.39 is 33.4 Å². The second-order valence-corrected chi connectivity index (χ2v) is 8.39. The molecular weight excluding hydrogens is 443 g/mol. The average molecular weight is 459 g/mol. The van der Waals surface area contributed by atoms with E-state index in [-0.39, 0.29) is 17.0 Å². The molecule has 0 heterocycles. The Morgan fingerprint density at radius 1 is 0.969 bits per heavy atom. The number of rotatable bonds is 6. The average Bonchev–Trinajstić information content (AvgIpc) is 2.75. The van der Waals surface area contributed by atoms with Crippen molar-refractivity contribution in [3.8, 4) is 6.07 Å². The maximum absolute atomic E-state index is 13.6. The van der Waals surface area contributed by atoms with Gasteiger partial charge >= 0.3 is 6.18 Å². The Morgan fingerprint density at radius 2 is 1.62 bits per heavy atom. The first-order chi connectivity index (χ1) is 15.1. The zero-order chi connectivity index (χ0) is 23.4. The maximum atomic E-state index is 13.6. The third-order valence-electron chi connectivity index (χ3n) is 4.35. The largest absolute Gasteiger partial charge is 0.418 e. The van der Waals surface area contributed by atoms with Crippen molar-refractivity contribution in [1.29, 1.82) is 5.26 Å². The SMILES string of the molecule is N#Cc1ccc(CC(=O)Nc2ccc(NS(=O)(=O)c3ccccc3)cc2C(F)(F)F)cc1. The highest BCUT2D eigenvalue weighted by Crippen LogP contribution is 2.37. The van der Waals surface area contributed by atoms with E-state index in [4.69, 9.17) is 5.26 Å². The molecule has 2 N–H and O–H groups in total. The fourth-order valence-electron chi connectivity index (χ4n) is 2.84. The summed E-state index contributed by atoms with van der Waals surface area (Å²) in [5.74, 6) is -0.696. The molecule has 0 spiro atoms. The lowest BCUT2D eigenvalue weighted by molar-refractivity contribution is -0.136. The summed E-state index contributed by atoms with van der Waals surface area (Å²) in [5, 5.41) is 11.0. The lowest BCUT2D eigenvalue weighted by atomic mass is 10.1. The Hall–Kier alpha value is -3.84. The lowest BCUT2D eigenvalue weighted by Crippen LogP contribution is -2.19. The van der Waals surface area contributed by atoms with Gasteiger partial charge in [0.2, 0.25) is 5.91 Å². The summed E-state index contributed by atoms with van der Waals surface area (Å²) in [6.07, 6.45) is -5.04. The Morgan fingerprint density at radius 3 is 2.22 bits per heavy atom. The van der Waals surface area contributed by atoms with Gasteiger partial charge in [-0.3, -0.25) is 9.52 Å². The third-order valence-corrected chi connectivity index (χ3v) is 5.75. The molecule has 0 saturated heterocycles. The molecule has 0 aliphatic rings. The predicted molar refractivity (Wildman–Crippen MR) is 112 cm³/mol. The van der Waals surface area contributed by atoms with E-state index in [0.717, 1.165) is 12.1 Å². The van der Waals surface area contributed by atoms with Crippen LogP contribution in [-0.2, 0) is 27.4 Å². The van der Waals surface area contributed by atoms with Crippen LogP contribution in [0.5, 0.6) is 0 Å². The molecule has 10 heteroatoms. The molecule has 0 saturated carbocycles. The first-order valence-electron chi connectivity index (χ1n) is 9.16. The van der Waals surface area contributed by atoms with Gasteiger partial charge in [0.1, 0.15) is 0 Å². The molecular formula is C22H16F3N3O3S. The molecule has 0 atom stereocenters. The van der Waals surface area contributed by atoms with E-state index in [0.29, 0.717) is 17.2 Å². The minimum atomic E-state index is -4.84. The van der Waals surface area contributed by atoms with Crippen molar-refractivity contribution in [2.75, 3.05) is 10.0 Å². The summed E-state index contributed by atoms with van der Waals surface area (Å²) in [5.41, 5.74) is -1.09. The molecule has 1 amide bonds. The number of carbonyl (C=O) groups is 1. The van der Waals surface area contributed by atoms with Crippen molar-refractivity contribution in [2.24, 2.45) is 0 Å². The summed E-state index contributed by atoms with van der Waals surface area (Å²) in [6.45, 7) is 0. The predicted octanol–water partition coefficient (Wildman–Crippen LogP) is 4.56. The van der Waals surface area contributed by atoms with Gasteiger partial charge in [0.15, 0.2) is 0 Å². The fourth-order valence-corrected chi connectivity index (χ4v) is 3.91. The van der Waals surface area contributed by atoms with Gasteiger partial charge in [0, 0.05) is 5.69 Å². The number of hydrogen-bond acceptors (Lipinski definition) is 4. The van der Waals surface area contributed by atoms with Crippen LogP contribution >= 0.6 is 0 Å². The van der Waals surface area contributed by atoms with Crippen molar-refractivity contribution < 1.29 is 26.4 Å². The number of alkyl halides is 3. The van der Waals surface area contributed by atoms with Crippen LogP contribution in [-0.4, -0.2) is 14.3 Å². The van der Waals surface area contributed by atoms with Crippen LogP contribution in [0.3, 0.4) is 0 Å². The van der Waals surface area contributed by atoms with E-state index in [9.17, 15) is 26.4 Å². The van der Waals surface area contributed by atoms with Crippen molar-refractivity contribution in [2.45, 2.75) is 17.5 Å². The van der Waals surface area contributed by atoms with Gasteiger partial charge in [0.25, 0.3) is 10.0 Å². The maximum Gasteiger partial charge on any atom is 0.418 e. The normalized spacial score (nSPS) is 11.4. The van der Waals surface area contributed by atoms with Crippen LogP contribution in [0, 0.1) is 11.3 Å². The van der Waals surface area contributed by atoms with Crippen LogP contribution in [0.4, 0.5) is 24.5 Å². The van der Waals surface area contributed by atoms with Crippen molar-refractivity contribution in [1.82, 2.24) is 0 Å². The topological polar surface area (TPSA) is 99.1 Å². The van der Waals surface area contributed by atoms with Gasteiger partial charge in [-0.25, -0.2) is 8.42 Å². The summed E-state index contributed by atoms with van der Waals surface area (Å²) in [7, 11) is -4.09. The molecule has 0 unspecified atom stereocenters. The van der Waals surface area contributed by atoms with Crippen LogP contribution < -0.4 is 10.0 Å². The van der Waals surface area contributed by atoms with Crippen LogP contribution in [0.1, 0.15) is 16.7 Å². The Labute approximate surface area is 182 Å². The van der Waals surface area contributed by atoms with Crippen LogP contribution in [0.15, 0.2) is 77.7 Å². The third kappa shape index (κ3) is 5.65. The minimum absolute atomic E-state index is 0.103. The van der Waals surface area contributed by atoms with Crippen molar-refractivity contribution in [3.63, 3.8) is 0 Å². The second-order valence-electron chi connectivity index (χ2n) is 6.71. The van der Waals surface area contributed by atoms with E-state index in [1.165, 1.54) is 48.5 Å². The molecule has 0 radical (unpaired) electrons. The zero-order valence-electron chi connectivity index (χ0n) is 16.3. The molecule has 0 aromatic heterocycles. The number of sulfonamides is 1. The summed E-state index contributed by atoms with van der Waals surface area (Å²) in [4.78, 5) is 12.2. The number of anilines is 2. The van der Waals surface area contributed by atoms with E-state index in [2.05, 4.69) is 10.0 Å². The standard InChI is InChI=1S/C22H16F3N3O3S/c23-22(24,25)19-13-17(28-32(30,31)18-4-2-1-3-5-18)10-11-20(19)27-21(29)12-15-6-8-16(14-26)9-7-15/h1-11,13,28H,12H2,(H,27,29). The highest BCUT2D eigenvalue weighted by atomic mass is 32.2. The molecule has 32 heavy (non-hydrogen) atoms. The number of nitrogens with zero attached hydrogens (tertiary/aromatic N) is 1. The Kier molecular flexibility index (Phi) is 6.50. The van der Waals surface area contributed by atoms with Gasteiger partial charge in [-0.15, -0.1) is 0 Å². The monoisotopic (exact) mass is 459 g/mol. The number of nitrogens with one attached hydrogen (secondary N) is 2. The first-order valence-corrected chi connectivity index (χ1v) is 10.6. The smallest absolute Gasteiger partial charge is 0.325 e. The van der Waals surface area contributed by atoms with E-state index >= 15 is 0 Å². The Balaban J connectivity index is 1.82. The number of carbonyl (C=O) groups excluding carboxylic acids is 1. The van der Waals surface area contributed by atoms with Crippen molar-refractivity contribution in [3.05, 3.63) is 89.5 Å². The van der Waals surface area contributed by atoms with Gasteiger partial charge < -0.3 is 5.32 Å². The minimum Gasteiger partial charge on any atom is -0.325 e. The molecule has 0 fully saturated rings. The quantitative estimate of drug-likeness (QED) is 0.565. The highest BCUT2D eigenvalue weighted by Gasteiger charge is 2.34. The molecule has 0 aliphatic carbocycles. The summed E-state index contributed by atoms with van der Waals surface area (Å²) in [6, 6.07) is 17.9. The summed E-state index contributed by atoms with van der Waals surface area (Å²) >= 11 is 0. The van der Waals surface area contributed by atoms with Gasteiger partial charge in [-0.05, 0) is 48.0 Å². The zero-order valence-corrected chi connectivity index (χ0v) is 17.2. The van der Waals surface area contributed by atoms with Crippen molar-refractivity contribution >= 4 is 27.3 Å². The highest BCUT2D eigenvalue weighted by molar-refractivity contribution is 7.92. The number of hydrogen-bond donors (Lipinski definition) is 2.